The van der Waals surface area contributed by atoms with Gasteiger partial charge in [-0.25, -0.2) is 0 Å². The molecule has 0 radical (unpaired) electrons. The van der Waals surface area contributed by atoms with Crippen molar-refractivity contribution in [2.45, 2.75) is 71.5 Å². The van der Waals surface area contributed by atoms with Crippen molar-refractivity contribution in [1.29, 1.82) is 0 Å². The van der Waals surface area contributed by atoms with E-state index in [0.717, 1.165) is 48.4 Å². The molecule has 1 aliphatic carbocycles. The summed E-state index contributed by atoms with van der Waals surface area (Å²) in [5, 5.41) is 0.732. The van der Waals surface area contributed by atoms with Crippen LogP contribution in [0.5, 0.6) is 11.5 Å². The Labute approximate surface area is 248 Å². The lowest BCUT2D eigenvalue weighted by atomic mass is 9.94. The van der Waals surface area contributed by atoms with Crippen molar-refractivity contribution >= 4 is 23.4 Å². The molecule has 0 bridgehead atoms. The lowest BCUT2D eigenvalue weighted by molar-refractivity contribution is -0.135. The summed E-state index contributed by atoms with van der Waals surface area (Å²) in [7, 11) is 0. The molecule has 1 fully saturated rings. The molecule has 0 atom stereocenters. The van der Waals surface area contributed by atoms with Gasteiger partial charge in [0.2, 0.25) is 12.7 Å². The lowest BCUT2D eigenvalue weighted by Crippen LogP contribution is -2.48. The van der Waals surface area contributed by atoms with Gasteiger partial charge in [0.25, 0.3) is 5.91 Å². The first kappa shape index (κ1) is 29.1. The number of rotatable bonds is 11. The van der Waals surface area contributed by atoms with Crippen LogP contribution in [-0.2, 0) is 17.9 Å². The first-order chi connectivity index (χ1) is 19.9. The van der Waals surface area contributed by atoms with Gasteiger partial charge in [-0.15, -0.1) is 0 Å². The van der Waals surface area contributed by atoms with Crippen LogP contribution in [0, 0.1) is 5.92 Å². The summed E-state index contributed by atoms with van der Waals surface area (Å²) in [6.07, 6.45) is 8.25. The first-order valence-corrected chi connectivity index (χ1v) is 15.1. The predicted octanol–water partition coefficient (Wildman–Crippen LogP) is 6.77. The Morgan fingerprint density at radius 1 is 1.00 bits per heavy atom. The number of ether oxygens (including phenoxy) is 2. The average Bonchev–Trinajstić information content (AvgIpc) is 3.63. The number of hydrogen-bond donors (Lipinski definition) is 0. The Morgan fingerprint density at radius 3 is 2.56 bits per heavy atom. The van der Waals surface area contributed by atoms with Crippen LogP contribution in [0.3, 0.4) is 0 Å². The molecule has 0 spiro atoms. The van der Waals surface area contributed by atoms with Crippen LogP contribution in [0.25, 0.3) is 0 Å². The van der Waals surface area contributed by atoms with Gasteiger partial charge in [-0.2, -0.15) is 0 Å². The largest absolute Gasteiger partial charge is 0.454 e. The van der Waals surface area contributed by atoms with E-state index in [2.05, 4.69) is 24.5 Å². The second-order valence-electron chi connectivity index (χ2n) is 11.5. The van der Waals surface area contributed by atoms with Crippen LogP contribution < -0.4 is 9.47 Å². The minimum atomic E-state index is -0.164. The molecule has 0 saturated heterocycles. The highest BCUT2D eigenvalue weighted by molar-refractivity contribution is 6.31. The van der Waals surface area contributed by atoms with Gasteiger partial charge >= 0.3 is 0 Å². The maximum absolute atomic E-state index is 14.1. The number of carbonyl (C=O) groups is 2. The maximum Gasteiger partial charge on any atom is 0.254 e. The Kier molecular flexibility index (Phi) is 9.55. The third kappa shape index (κ3) is 7.25. The minimum absolute atomic E-state index is 0.0137. The average molecular weight is 578 g/mol. The van der Waals surface area contributed by atoms with Crippen LogP contribution in [-0.4, -0.2) is 52.1 Å². The molecule has 218 valence electrons. The molecule has 5 rings (SSSR count). The zero-order chi connectivity index (χ0) is 28.8. The molecule has 1 saturated carbocycles. The van der Waals surface area contributed by atoms with Gasteiger partial charge in [0, 0.05) is 41.6 Å². The zero-order valence-corrected chi connectivity index (χ0v) is 24.8. The molecule has 2 heterocycles. The van der Waals surface area contributed by atoms with Crippen molar-refractivity contribution in [2.75, 3.05) is 19.9 Å². The van der Waals surface area contributed by atoms with E-state index in [1.54, 1.807) is 23.1 Å². The number of halogens is 1. The highest BCUT2D eigenvalue weighted by Crippen LogP contribution is 2.33. The topological polar surface area (TPSA) is 64.0 Å². The quantitative estimate of drug-likeness (QED) is 0.252. The second-order valence-corrected chi connectivity index (χ2v) is 11.9. The standard InChI is InChI=1S/C33H40ClN3O4/c1-24(2)16-18-36(33(39)25-14-15-30-31(19-25)41-23-40-30)22-32(38)37(27-10-4-3-5-11-27)21-28-12-8-17-35(28)20-26-9-6-7-13-29(26)34/h6-9,12-15,17,19,24,27H,3-5,10-11,16,18,20-23H2,1-2H3. The van der Waals surface area contributed by atoms with Gasteiger partial charge in [0.05, 0.1) is 6.54 Å². The van der Waals surface area contributed by atoms with E-state index in [4.69, 9.17) is 21.1 Å². The van der Waals surface area contributed by atoms with Crippen molar-refractivity contribution in [2.24, 2.45) is 5.92 Å². The maximum atomic E-state index is 14.1. The first-order valence-electron chi connectivity index (χ1n) is 14.7. The molecular weight excluding hydrogens is 538 g/mol. The molecule has 8 heteroatoms. The second kappa shape index (κ2) is 13.5. The Hall–Kier alpha value is -3.45. The lowest BCUT2D eigenvalue weighted by Gasteiger charge is -2.36. The van der Waals surface area contributed by atoms with Gasteiger partial charge in [-0.1, -0.05) is 62.9 Å². The fourth-order valence-electron chi connectivity index (χ4n) is 5.68. The normalized spacial score (nSPS) is 14.8. The van der Waals surface area contributed by atoms with Gasteiger partial charge in [-0.05, 0) is 67.1 Å². The van der Waals surface area contributed by atoms with Crippen LogP contribution in [0.2, 0.25) is 5.02 Å². The molecule has 1 aliphatic heterocycles. The number of benzene rings is 2. The molecule has 2 aromatic carbocycles. The smallest absolute Gasteiger partial charge is 0.254 e. The number of hydrogen-bond acceptors (Lipinski definition) is 4. The van der Waals surface area contributed by atoms with Crippen molar-refractivity contribution < 1.29 is 19.1 Å². The molecule has 2 aliphatic rings. The summed E-state index contributed by atoms with van der Waals surface area (Å²) in [6.45, 7) is 6.10. The Bertz CT molecular complexity index is 1350. The van der Waals surface area contributed by atoms with Gasteiger partial charge in [-0.3, -0.25) is 9.59 Å². The molecule has 7 nitrogen and oxygen atoms in total. The van der Waals surface area contributed by atoms with Gasteiger partial charge < -0.3 is 23.8 Å². The number of carbonyl (C=O) groups excluding carboxylic acids is 2. The van der Waals surface area contributed by atoms with E-state index in [0.29, 0.717) is 42.6 Å². The molecule has 1 aromatic heterocycles. The minimum Gasteiger partial charge on any atom is -0.454 e. The van der Waals surface area contributed by atoms with Crippen LogP contribution in [0.4, 0.5) is 0 Å². The van der Waals surface area contributed by atoms with Crippen molar-refractivity contribution in [3.63, 3.8) is 0 Å². The summed E-state index contributed by atoms with van der Waals surface area (Å²) >= 11 is 6.46. The third-order valence-corrected chi connectivity index (χ3v) is 8.47. The van der Waals surface area contributed by atoms with Crippen LogP contribution in [0.15, 0.2) is 60.8 Å². The monoisotopic (exact) mass is 577 g/mol. The predicted molar refractivity (Wildman–Crippen MR) is 160 cm³/mol. The Morgan fingerprint density at radius 2 is 1.78 bits per heavy atom. The van der Waals surface area contributed by atoms with Crippen molar-refractivity contribution in [3.8, 4) is 11.5 Å². The summed E-state index contributed by atoms with van der Waals surface area (Å²) in [4.78, 5) is 31.6. The summed E-state index contributed by atoms with van der Waals surface area (Å²) < 4.78 is 13.1. The van der Waals surface area contributed by atoms with E-state index in [1.165, 1.54) is 6.42 Å². The fraction of sp³-hybridized carbons (Fsp3) is 0.455. The van der Waals surface area contributed by atoms with E-state index in [9.17, 15) is 9.59 Å². The molecule has 0 N–H and O–H groups in total. The van der Waals surface area contributed by atoms with E-state index < -0.39 is 0 Å². The highest BCUT2D eigenvalue weighted by atomic mass is 35.5. The summed E-state index contributed by atoms with van der Waals surface area (Å²) in [6, 6.07) is 17.4. The van der Waals surface area contributed by atoms with E-state index in [-0.39, 0.29) is 31.2 Å². The number of amides is 2. The third-order valence-electron chi connectivity index (χ3n) is 8.10. The fourth-order valence-corrected chi connectivity index (χ4v) is 5.87. The summed E-state index contributed by atoms with van der Waals surface area (Å²) in [5.74, 6) is 1.42. The number of nitrogens with zero attached hydrogens (tertiary/aromatic N) is 3. The van der Waals surface area contributed by atoms with Gasteiger partial charge in [0.1, 0.15) is 6.54 Å². The Balaban J connectivity index is 1.37. The van der Waals surface area contributed by atoms with Crippen molar-refractivity contribution in [1.82, 2.24) is 14.4 Å². The number of fused-ring (bicyclic) bond motifs is 1. The zero-order valence-electron chi connectivity index (χ0n) is 24.1. The molecule has 0 unspecified atom stereocenters. The summed E-state index contributed by atoms with van der Waals surface area (Å²) in [5.41, 5.74) is 2.60. The molecule has 2 amide bonds. The van der Waals surface area contributed by atoms with Crippen molar-refractivity contribution in [3.05, 3.63) is 82.6 Å². The molecular formula is C33H40ClN3O4. The number of aromatic nitrogens is 1. The van der Waals surface area contributed by atoms with E-state index >= 15 is 0 Å². The van der Waals surface area contributed by atoms with Crippen LogP contribution >= 0.6 is 11.6 Å². The van der Waals surface area contributed by atoms with Gasteiger partial charge in [0.15, 0.2) is 11.5 Å². The van der Waals surface area contributed by atoms with E-state index in [1.807, 2.05) is 41.4 Å². The SMILES string of the molecule is CC(C)CCN(CC(=O)N(Cc1cccn1Cc1ccccc1Cl)C1CCCCC1)C(=O)c1ccc2c(c1)OCO2. The van der Waals surface area contributed by atoms with Crippen LogP contribution in [0.1, 0.15) is 74.0 Å². The molecule has 3 aromatic rings. The highest BCUT2D eigenvalue weighted by Gasteiger charge is 2.30. The molecule has 41 heavy (non-hydrogen) atoms.